The number of rotatable bonds is 6. The number of hydrogen-bond acceptors (Lipinski definition) is 4. The summed E-state index contributed by atoms with van der Waals surface area (Å²) in [6.07, 6.45) is 4.90. The van der Waals surface area contributed by atoms with Crippen molar-refractivity contribution in [3.63, 3.8) is 0 Å². The third-order valence-corrected chi connectivity index (χ3v) is 4.90. The van der Waals surface area contributed by atoms with Crippen LogP contribution in [0.3, 0.4) is 0 Å². The fraction of sp³-hybridized carbons (Fsp3) is 0.400. The second-order valence-corrected chi connectivity index (χ2v) is 6.54. The summed E-state index contributed by atoms with van der Waals surface area (Å²) in [6, 6.07) is 11.5. The van der Waals surface area contributed by atoms with E-state index in [-0.39, 0.29) is 0 Å². The van der Waals surface area contributed by atoms with Crippen LogP contribution in [0.5, 0.6) is 5.75 Å². The summed E-state index contributed by atoms with van der Waals surface area (Å²) in [5, 5.41) is 9.28. The molecule has 2 aromatic rings. The Bertz CT molecular complexity index is 724. The lowest BCUT2D eigenvalue weighted by Gasteiger charge is -2.32. The zero-order chi connectivity index (χ0) is 17.6. The van der Waals surface area contributed by atoms with E-state index in [1.165, 1.54) is 5.56 Å². The Morgan fingerprint density at radius 1 is 1.24 bits per heavy atom. The van der Waals surface area contributed by atoms with Crippen LogP contribution in [-0.4, -0.2) is 41.2 Å². The molecule has 0 amide bonds. The molecule has 3 rings (SSSR count). The van der Waals surface area contributed by atoms with Gasteiger partial charge in [0.15, 0.2) is 0 Å². The first-order valence-electron chi connectivity index (χ1n) is 8.69. The Hall–Kier alpha value is -2.40. The van der Waals surface area contributed by atoms with E-state index in [2.05, 4.69) is 22.0 Å². The summed E-state index contributed by atoms with van der Waals surface area (Å²) in [5.41, 5.74) is 2.22. The number of hydrogen-bond donors (Lipinski definition) is 1. The molecule has 1 N–H and O–H groups in total. The zero-order valence-corrected chi connectivity index (χ0v) is 14.5. The summed E-state index contributed by atoms with van der Waals surface area (Å²) < 4.78 is 5.45. The lowest BCUT2D eigenvalue weighted by molar-refractivity contribution is 0.0692. The van der Waals surface area contributed by atoms with Crippen molar-refractivity contribution in [1.82, 2.24) is 9.88 Å². The molecule has 0 unspecified atom stereocenters. The largest absolute Gasteiger partial charge is 0.496 e. The number of benzene rings is 1. The zero-order valence-electron chi connectivity index (χ0n) is 14.5. The molecule has 0 radical (unpaired) electrons. The lowest BCUT2D eigenvalue weighted by atomic mass is 9.89. The Morgan fingerprint density at radius 2 is 2.00 bits per heavy atom. The molecular formula is C20H24N2O3. The molecule has 1 saturated heterocycles. The normalized spacial score (nSPS) is 15.9. The number of pyridine rings is 1. The van der Waals surface area contributed by atoms with Crippen molar-refractivity contribution >= 4 is 5.97 Å². The minimum absolute atomic E-state index is 0.304. The number of carboxylic acids is 1. The van der Waals surface area contributed by atoms with Crippen LogP contribution >= 0.6 is 0 Å². The number of para-hydroxylation sites is 1. The van der Waals surface area contributed by atoms with Crippen molar-refractivity contribution in [1.29, 1.82) is 0 Å². The van der Waals surface area contributed by atoms with Gasteiger partial charge in [-0.1, -0.05) is 18.2 Å². The van der Waals surface area contributed by atoms with E-state index in [1.54, 1.807) is 25.4 Å². The van der Waals surface area contributed by atoms with E-state index >= 15 is 0 Å². The number of carboxylic acid groups (broad SMARTS) is 1. The Morgan fingerprint density at radius 3 is 2.72 bits per heavy atom. The molecule has 1 aliphatic rings. The van der Waals surface area contributed by atoms with E-state index in [0.29, 0.717) is 23.7 Å². The monoisotopic (exact) mass is 340 g/mol. The number of aromatic nitrogens is 1. The highest BCUT2D eigenvalue weighted by Gasteiger charge is 2.22. The highest BCUT2D eigenvalue weighted by Crippen LogP contribution is 2.27. The van der Waals surface area contributed by atoms with Gasteiger partial charge in [0.1, 0.15) is 5.75 Å². The number of ether oxygens (including phenoxy) is 1. The number of likely N-dealkylation sites (tertiary alicyclic amines) is 1. The average molecular weight is 340 g/mol. The SMILES string of the molecule is COc1ccccc1CC1CCN(Cc2ncccc2C(=O)O)CC1. The van der Waals surface area contributed by atoms with E-state index in [1.807, 2.05) is 12.1 Å². The quantitative estimate of drug-likeness (QED) is 0.875. The number of aromatic carboxylic acids is 1. The Labute approximate surface area is 148 Å². The molecule has 25 heavy (non-hydrogen) atoms. The van der Waals surface area contributed by atoms with Crippen molar-refractivity contribution in [3.8, 4) is 5.75 Å². The van der Waals surface area contributed by atoms with Gasteiger partial charge in [0.05, 0.1) is 18.4 Å². The Balaban J connectivity index is 1.57. The van der Waals surface area contributed by atoms with Crippen LogP contribution in [0, 0.1) is 5.92 Å². The van der Waals surface area contributed by atoms with Gasteiger partial charge in [0.2, 0.25) is 0 Å². The summed E-state index contributed by atoms with van der Waals surface area (Å²) >= 11 is 0. The predicted octanol–water partition coefficient (Wildman–Crippen LogP) is 3.24. The third-order valence-electron chi connectivity index (χ3n) is 4.90. The molecule has 0 aliphatic carbocycles. The van der Waals surface area contributed by atoms with Gasteiger partial charge < -0.3 is 9.84 Å². The maximum Gasteiger partial charge on any atom is 0.337 e. The van der Waals surface area contributed by atoms with Crippen LogP contribution in [0.2, 0.25) is 0 Å². The van der Waals surface area contributed by atoms with Gasteiger partial charge in [-0.25, -0.2) is 4.79 Å². The van der Waals surface area contributed by atoms with Crippen molar-refractivity contribution in [2.45, 2.75) is 25.8 Å². The first kappa shape index (κ1) is 17.4. The van der Waals surface area contributed by atoms with Crippen LogP contribution in [-0.2, 0) is 13.0 Å². The molecule has 1 aromatic heterocycles. The van der Waals surface area contributed by atoms with Crippen LogP contribution in [0.1, 0.15) is 34.5 Å². The minimum atomic E-state index is -0.908. The summed E-state index contributed by atoms with van der Waals surface area (Å²) in [6.45, 7) is 2.54. The molecule has 5 nitrogen and oxygen atoms in total. The van der Waals surface area contributed by atoms with E-state index < -0.39 is 5.97 Å². The van der Waals surface area contributed by atoms with Gasteiger partial charge in [0.25, 0.3) is 0 Å². The van der Waals surface area contributed by atoms with Crippen LogP contribution in [0.25, 0.3) is 0 Å². The maximum atomic E-state index is 11.3. The summed E-state index contributed by atoms with van der Waals surface area (Å²) in [5.74, 6) is 0.689. The van der Waals surface area contributed by atoms with E-state index in [4.69, 9.17) is 4.74 Å². The molecular weight excluding hydrogens is 316 g/mol. The molecule has 1 aliphatic heterocycles. The molecule has 0 spiro atoms. The number of carbonyl (C=O) groups is 1. The Kier molecular flexibility index (Phi) is 5.66. The van der Waals surface area contributed by atoms with Gasteiger partial charge >= 0.3 is 5.97 Å². The van der Waals surface area contributed by atoms with Gasteiger partial charge in [-0.05, 0) is 62.0 Å². The topological polar surface area (TPSA) is 62.7 Å². The fourth-order valence-electron chi connectivity index (χ4n) is 3.50. The van der Waals surface area contributed by atoms with Crippen molar-refractivity contribution in [2.75, 3.05) is 20.2 Å². The molecule has 2 heterocycles. The highest BCUT2D eigenvalue weighted by molar-refractivity contribution is 5.88. The predicted molar refractivity (Wildman–Crippen MR) is 95.9 cm³/mol. The molecule has 0 atom stereocenters. The third kappa shape index (κ3) is 4.37. The second kappa shape index (κ2) is 8.12. The molecule has 132 valence electrons. The summed E-state index contributed by atoms with van der Waals surface area (Å²) in [4.78, 5) is 17.9. The van der Waals surface area contributed by atoms with E-state index in [0.717, 1.165) is 38.1 Å². The first-order valence-corrected chi connectivity index (χ1v) is 8.69. The minimum Gasteiger partial charge on any atom is -0.496 e. The number of piperidine rings is 1. The number of methoxy groups -OCH3 is 1. The maximum absolute atomic E-state index is 11.3. The number of nitrogens with zero attached hydrogens (tertiary/aromatic N) is 2. The van der Waals surface area contributed by atoms with Crippen LogP contribution in [0.15, 0.2) is 42.6 Å². The first-order chi connectivity index (χ1) is 12.2. The van der Waals surface area contributed by atoms with Crippen LogP contribution in [0.4, 0.5) is 0 Å². The van der Waals surface area contributed by atoms with Crippen LogP contribution < -0.4 is 4.74 Å². The second-order valence-electron chi connectivity index (χ2n) is 6.54. The standard InChI is InChI=1S/C20H24N2O3/c1-25-19-7-3-2-5-16(19)13-15-8-11-22(12-9-15)14-18-17(20(23)24)6-4-10-21-18/h2-7,10,15H,8-9,11-14H2,1H3,(H,23,24). The van der Waals surface area contributed by atoms with Gasteiger partial charge in [-0.2, -0.15) is 0 Å². The molecule has 0 saturated carbocycles. The average Bonchev–Trinajstić information content (AvgIpc) is 2.64. The highest BCUT2D eigenvalue weighted by atomic mass is 16.5. The van der Waals surface area contributed by atoms with E-state index in [9.17, 15) is 9.90 Å². The van der Waals surface area contributed by atoms with Crippen molar-refractivity contribution < 1.29 is 14.6 Å². The van der Waals surface area contributed by atoms with Crippen molar-refractivity contribution in [3.05, 3.63) is 59.4 Å². The molecule has 1 fully saturated rings. The summed E-state index contributed by atoms with van der Waals surface area (Å²) in [7, 11) is 1.72. The molecule has 0 bridgehead atoms. The van der Waals surface area contributed by atoms with Gasteiger partial charge in [0, 0.05) is 12.7 Å². The molecule has 1 aromatic carbocycles. The lowest BCUT2D eigenvalue weighted by Crippen LogP contribution is -2.34. The fourth-order valence-corrected chi connectivity index (χ4v) is 3.50. The van der Waals surface area contributed by atoms with Crippen molar-refractivity contribution in [2.24, 2.45) is 5.92 Å². The molecule has 5 heteroatoms. The van der Waals surface area contributed by atoms with Gasteiger partial charge in [-0.15, -0.1) is 0 Å². The van der Waals surface area contributed by atoms with Gasteiger partial charge in [-0.3, -0.25) is 9.88 Å². The smallest absolute Gasteiger partial charge is 0.337 e.